The van der Waals surface area contributed by atoms with Gasteiger partial charge in [0.15, 0.2) is 5.54 Å². The Balaban J connectivity index is 1.44. The van der Waals surface area contributed by atoms with E-state index in [-0.39, 0.29) is 44.1 Å². The fourth-order valence-corrected chi connectivity index (χ4v) is 4.35. The van der Waals surface area contributed by atoms with E-state index in [9.17, 15) is 18.0 Å². The summed E-state index contributed by atoms with van der Waals surface area (Å²) in [5, 5.41) is 14.3. The summed E-state index contributed by atoms with van der Waals surface area (Å²) in [5.74, 6) is -0.524. The molecule has 1 aliphatic rings. The molecule has 0 spiro atoms. The number of thioether (sulfide) groups is 1. The lowest BCUT2D eigenvalue weighted by Crippen LogP contribution is -2.49. The third kappa shape index (κ3) is 5.16. The second kappa shape index (κ2) is 9.47. The van der Waals surface area contributed by atoms with Gasteiger partial charge in [0.05, 0.1) is 5.75 Å². The van der Waals surface area contributed by atoms with Gasteiger partial charge in [-0.2, -0.15) is 18.3 Å². The number of aromatic nitrogens is 2. The number of nitrogens with one attached hydrogen (secondary N) is 2. The standard InChI is InChI=1S/C21H16Cl2F3N5O2S/c1-11-2-4-15(5-3-11)27-17(32)10-34-19-30-29-18(33-19)16-9-20(31-28-16,21(24,25)26)12-6-13(22)8-14(23)7-12/h2-8,31H,9-10H2,1H3,(H,27,32). The maximum absolute atomic E-state index is 14.1. The predicted molar refractivity (Wildman–Crippen MR) is 123 cm³/mol. The number of anilines is 1. The second-order valence-corrected chi connectivity index (χ2v) is 9.28. The zero-order chi connectivity index (χ0) is 24.5. The topological polar surface area (TPSA) is 92.4 Å². The Morgan fingerprint density at radius 1 is 1.18 bits per heavy atom. The Kier molecular flexibility index (Phi) is 6.79. The molecule has 0 aliphatic carbocycles. The number of hydrogen-bond acceptors (Lipinski definition) is 7. The van der Waals surface area contributed by atoms with Crippen LogP contribution in [0.15, 0.2) is 57.2 Å². The smallest absolute Gasteiger partial charge is 0.410 e. The van der Waals surface area contributed by atoms with Crippen LogP contribution in [0.3, 0.4) is 0 Å². The average molecular weight is 530 g/mol. The highest BCUT2D eigenvalue weighted by Gasteiger charge is 2.59. The molecular weight excluding hydrogens is 514 g/mol. The Labute approximate surface area is 206 Å². The quantitative estimate of drug-likeness (QED) is 0.405. The lowest BCUT2D eigenvalue weighted by atomic mass is 9.85. The van der Waals surface area contributed by atoms with E-state index in [0.717, 1.165) is 17.3 Å². The van der Waals surface area contributed by atoms with Gasteiger partial charge in [-0.1, -0.05) is 52.7 Å². The highest BCUT2D eigenvalue weighted by molar-refractivity contribution is 7.99. The van der Waals surface area contributed by atoms with Crippen LogP contribution in [0.1, 0.15) is 23.4 Å². The van der Waals surface area contributed by atoms with Crippen molar-refractivity contribution in [3.05, 3.63) is 69.5 Å². The number of hydrazone groups is 1. The van der Waals surface area contributed by atoms with Crippen molar-refractivity contribution in [1.29, 1.82) is 0 Å². The third-order valence-corrected chi connectivity index (χ3v) is 6.22. The summed E-state index contributed by atoms with van der Waals surface area (Å²) >= 11 is 12.8. The van der Waals surface area contributed by atoms with E-state index in [1.165, 1.54) is 18.2 Å². The number of nitrogens with zero attached hydrogens (tertiary/aromatic N) is 3. The van der Waals surface area contributed by atoms with Crippen LogP contribution in [0.25, 0.3) is 0 Å². The summed E-state index contributed by atoms with van der Waals surface area (Å²) < 4.78 is 47.8. The predicted octanol–water partition coefficient (Wildman–Crippen LogP) is 5.57. The van der Waals surface area contributed by atoms with Crippen molar-refractivity contribution < 1.29 is 22.4 Å². The third-order valence-electron chi connectivity index (χ3n) is 4.97. The van der Waals surface area contributed by atoms with E-state index in [2.05, 4.69) is 26.0 Å². The number of hydrogen-bond donors (Lipinski definition) is 2. The van der Waals surface area contributed by atoms with Crippen LogP contribution in [0.4, 0.5) is 18.9 Å². The van der Waals surface area contributed by atoms with Crippen LogP contribution in [-0.4, -0.2) is 33.7 Å². The van der Waals surface area contributed by atoms with Gasteiger partial charge < -0.3 is 9.73 Å². The van der Waals surface area contributed by atoms with E-state index >= 15 is 0 Å². The molecule has 0 saturated carbocycles. The molecule has 0 bridgehead atoms. The summed E-state index contributed by atoms with van der Waals surface area (Å²) in [6.07, 6.45) is -5.36. The van der Waals surface area contributed by atoms with Crippen LogP contribution in [0, 0.1) is 6.92 Å². The van der Waals surface area contributed by atoms with Gasteiger partial charge in [-0.05, 0) is 42.8 Å². The first-order valence-electron chi connectivity index (χ1n) is 9.76. The average Bonchev–Trinajstić information content (AvgIpc) is 3.41. The number of carbonyl (C=O) groups excluding carboxylic acids is 1. The second-order valence-electron chi connectivity index (χ2n) is 7.48. The Bertz CT molecular complexity index is 1230. The Morgan fingerprint density at radius 2 is 1.85 bits per heavy atom. The molecular formula is C21H16Cl2F3N5O2S. The minimum atomic E-state index is -4.74. The molecule has 2 heterocycles. The van der Waals surface area contributed by atoms with Gasteiger partial charge in [0, 0.05) is 22.2 Å². The van der Waals surface area contributed by atoms with Crippen molar-refractivity contribution in [2.24, 2.45) is 5.10 Å². The molecule has 1 amide bonds. The van der Waals surface area contributed by atoms with Gasteiger partial charge in [0.2, 0.25) is 5.91 Å². The van der Waals surface area contributed by atoms with Crippen LogP contribution in [-0.2, 0) is 10.3 Å². The molecule has 7 nitrogen and oxygen atoms in total. The van der Waals surface area contributed by atoms with Crippen molar-refractivity contribution in [2.45, 2.75) is 30.3 Å². The van der Waals surface area contributed by atoms with Crippen LogP contribution in [0.2, 0.25) is 10.0 Å². The Morgan fingerprint density at radius 3 is 2.50 bits per heavy atom. The lowest BCUT2D eigenvalue weighted by Gasteiger charge is -2.31. The largest absolute Gasteiger partial charge is 0.417 e. The van der Waals surface area contributed by atoms with Crippen LogP contribution < -0.4 is 10.7 Å². The molecule has 1 aliphatic heterocycles. The van der Waals surface area contributed by atoms with E-state index in [1.54, 1.807) is 12.1 Å². The lowest BCUT2D eigenvalue weighted by molar-refractivity contribution is -0.196. The van der Waals surface area contributed by atoms with Crippen molar-refractivity contribution in [1.82, 2.24) is 15.6 Å². The highest BCUT2D eigenvalue weighted by Crippen LogP contribution is 2.46. The van der Waals surface area contributed by atoms with Crippen LogP contribution >= 0.6 is 35.0 Å². The summed E-state index contributed by atoms with van der Waals surface area (Å²) in [6.45, 7) is 1.93. The molecule has 1 aromatic heterocycles. The molecule has 1 unspecified atom stereocenters. The molecule has 3 aromatic rings. The van der Waals surface area contributed by atoms with Crippen LogP contribution in [0.5, 0.6) is 0 Å². The fraction of sp³-hybridized carbons (Fsp3) is 0.238. The van der Waals surface area contributed by atoms with E-state index in [1.807, 2.05) is 19.1 Å². The van der Waals surface area contributed by atoms with Crippen molar-refractivity contribution >= 4 is 52.3 Å². The van der Waals surface area contributed by atoms with E-state index in [4.69, 9.17) is 27.6 Å². The minimum Gasteiger partial charge on any atom is -0.410 e. The van der Waals surface area contributed by atoms with E-state index in [0.29, 0.717) is 5.69 Å². The molecule has 178 valence electrons. The molecule has 34 heavy (non-hydrogen) atoms. The SMILES string of the molecule is Cc1ccc(NC(=O)CSc2nnc(C3=NNC(c4cc(Cl)cc(Cl)c4)(C(F)(F)F)C3)o2)cc1. The number of rotatable bonds is 6. The minimum absolute atomic E-state index is 0.0204. The number of alkyl halides is 3. The summed E-state index contributed by atoms with van der Waals surface area (Å²) in [4.78, 5) is 12.1. The number of halogens is 5. The summed E-state index contributed by atoms with van der Waals surface area (Å²) in [5.41, 5.74) is 1.02. The Hall–Kier alpha value is -2.76. The van der Waals surface area contributed by atoms with Crippen molar-refractivity contribution in [3.8, 4) is 0 Å². The number of carbonyl (C=O) groups is 1. The molecule has 4 rings (SSSR count). The molecule has 0 radical (unpaired) electrons. The zero-order valence-electron chi connectivity index (χ0n) is 17.4. The summed E-state index contributed by atoms with van der Waals surface area (Å²) in [7, 11) is 0. The first-order chi connectivity index (χ1) is 16.1. The molecule has 1 atom stereocenters. The normalized spacial score (nSPS) is 17.9. The molecule has 2 N–H and O–H groups in total. The van der Waals surface area contributed by atoms with E-state index < -0.39 is 18.1 Å². The van der Waals surface area contributed by atoms with Gasteiger partial charge in [-0.3, -0.25) is 10.2 Å². The van der Waals surface area contributed by atoms with Gasteiger partial charge in [-0.25, -0.2) is 0 Å². The fourth-order valence-electron chi connectivity index (χ4n) is 3.26. The maximum Gasteiger partial charge on any atom is 0.417 e. The molecule has 2 aromatic carbocycles. The number of amides is 1. The molecule has 13 heteroatoms. The number of benzene rings is 2. The summed E-state index contributed by atoms with van der Waals surface area (Å²) in [6, 6.07) is 11.0. The highest BCUT2D eigenvalue weighted by atomic mass is 35.5. The van der Waals surface area contributed by atoms with Gasteiger partial charge in [0.25, 0.3) is 11.1 Å². The maximum atomic E-state index is 14.1. The zero-order valence-corrected chi connectivity index (χ0v) is 19.7. The first-order valence-corrected chi connectivity index (χ1v) is 11.5. The van der Waals surface area contributed by atoms with Crippen molar-refractivity contribution in [3.63, 3.8) is 0 Å². The first kappa shape index (κ1) is 24.4. The van der Waals surface area contributed by atoms with Crippen molar-refractivity contribution in [2.75, 3.05) is 11.1 Å². The number of aryl methyl sites for hydroxylation is 1. The van der Waals surface area contributed by atoms with Gasteiger partial charge in [-0.15, -0.1) is 10.2 Å². The van der Waals surface area contributed by atoms with Gasteiger partial charge >= 0.3 is 6.18 Å². The monoisotopic (exact) mass is 529 g/mol. The molecule has 0 saturated heterocycles. The molecule has 0 fully saturated rings. The van der Waals surface area contributed by atoms with Gasteiger partial charge in [0.1, 0.15) is 5.71 Å².